The Balaban J connectivity index is 1.38. The van der Waals surface area contributed by atoms with Gasteiger partial charge >= 0.3 is 6.09 Å². The SMILES string of the molecule is COc1ccc2c(n1)NC(=O)C(CCC(O)CN1CCC(NC(=O)OC(C)(C)C)CC1)C2. The number of nitrogens with zero attached hydrogens (tertiary/aromatic N) is 2. The van der Waals surface area contributed by atoms with Crippen molar-refractivity contribution in [2.75, 3.05) is 32.1 Å². The van der Waals surface area contributed by atoms with Crippen LogP contribution in [0.4, 0.5) is 10.6 Å². The first-order chi connectivity index (χ1) is 15.1. The van der Waals surface area contributed by atoms with Gasteiger partial charge < -0.3 is 30.1 Å². The summed E-state index contributed by atoms with van der Waals surface area (Å²) < 4.78 is 10.4. The minimum absolute atomic E-state index is 0.0560. The highest BCUT2D eigenvalue weighted by Gasteiger charge is 2.29. The maximum Gasteiger partial charge on any atom is 0.407 e. The van der Waals surface area contributed by atoms with Crippen LogP contribution < -0.4 is 15.4 Å². The van der Waals surface area contributed by atoms with E-state index in [4.69, 9.17) is 9.47 Å². The van der Waals surface area contributed by atoms with Crippen LogP contribution in [0.3, 0.4) is 0 Å². The zero-order chi connectivity index (χ0) is 23.3. The topological polar surface area (TPSA) is 113 Å². The third kappa shape index (κ3) is 7.06. The van der Waals surface area contributed by atoms with Gasteiger partial charge in [-0.05, 0) is 64.5 Å². The minimum Gasteiger partial charge on any atom is -0.481 e. The van der Waals surface area contributed by atoms with E-state index in [1.807, 2.05) is 26.8 Å². The molecule has 1 aromatic heterocycles. The van der Waals surface area contributed by atoms with Gasteiger partial charge in [0.25, 0.3) is 0 Å². The number of aliphatic hydroxyl groups is 1. The van der Waals surface area contributed by atoms with Gasteiger partial charge in [0.05, 0.1) is 13.2 Å². The predicted molar refractivity (Wildman–Crippen MR) is 121 cm³/mol. The average molecular weight is 449 g/mol. The highest BCUT2D eigenvalue weighted by molar-refractivity contribution is 5.94. The summed E-state index contributed by atoms with van der Waals surface area (Å²) in [4.78, 5) is 30.9. The van der Waals surface area contributed by atoms with E-state index in [1.54, 1.807) is 13.2 Å². The molecular formula is C23H36N4O5. The number of methoxy groups -OCH3 is 1. The summed E-state index contributed by atoms with van der Waals surface area (Å²) in [7, 11) is 1.55. The number of rotatable bonds is 7. The molecule has 2 unspecified atom stereocenters. The first-order valence-corrected chi connectivity index (χ1v) is 11.4. The van der Waals surface area contributed by atoms with Gasteiger partial charge in [-0.3, -0.25) is 4.79 Å². The number of likely N-dealkylation sites (tertiary alicyclic amines) is 1. The number of aliphatic hydroxyl groups excluding tert-OH is 1. The molecule has 9 heteroatoms. The lowest BCUT2D eigenvalue weighted by Gasteiger charge is -2.34. The Morgan fingerprint density at radius 1 is 1.34 bits per heavy atom. The van der Waals surface area contributed by atoms with E-state index in [0.29, 0.717) is 37.5 Å². The van der Waals surface area contributed by atoms with Crippen molar-refractivity contribution in [3.05, 3.63) is 17.7 Å². The first kappa shape index (κ1) is 24.3. The second-order valence-corrected chi connectivity index (χ2v) is 9.70. The fraction of sp³-hybridized carbons (Fsp3) is 0.696. The molecule has 0 radical (unpaired) electrons. The smallest absolute Gasteiger partial charge is 0.407 e. The Hall–Kier alpha value is -2.39. The predicted octanol–water partition coefficient (Wildman–Crippen LogP) is 2.33. The molecule has 9 nitrogen and oxygen atoms in total. The number of ether oxygens (including phenoxy) is 2. The Morgan fingerprint density at radius 3 is 2.72 bits per heavy atom. The first-order valence-electron chi connectivity index (χ1n) is 11.4. The van der Waals surface area contributed by atoms with Crippen LogP contribution in [0.25, 0.3) is 0 Å². The van der Waals surface area contributed by atoms with Crippen LogP contribution in [-0.4, -0.2) is 71.5 Å². The standard InChI is InChI=1S/C23H36N4O5/c1-23(2,3)32-22(30)24-17-9-11-27(12-10-17)14-18(28)7-5-16-13-15-6-8-19(31-4)25-20(15)26-21(16)29/h6,8,16-18,28H,5,7,9-14H2,1-4H3,(H,24,30)(H,25,26,29). The van der Waals surface area contributed by atoms with E-state index >= 15 is 0 Å². The summed E-state index contributed by atoms with van der Waals surface area (Å²) in [5.41, 5.74) is 0.486. The highest BCUT2D eigenvalue weighted by Crippen LogP contribution is 2.28. The number of hydrogen-bond donors (Lipinski definition) is 3. The molecule has 0 bridgehead atoms. The molecule has 32 heavy (non-hydrogen) atoms. The Bertz CT molecular complexity index is 802. The number of piperidine rings is 1. The van der Waals surface area contributed by atoms with Crippen molar-refractivity contribution in [2.45, 2.75) is 70.6 Å². The number of carbonyl (C=O) groups excluding carboxylic acids is 2. The van der Waals surface area contributed by atoms with Crippen molar-refractivity contribution in [1.82, 2.24) is 15.2 Å². The number of fused-ring (bicyclic) bond motifs is 1. The van der Waals surface area contributed by atoms with Crippen LogP contribution in [-0.2, 0) is 16.0 Å². The second-order valence-electron chi connectivity index (χ2n) is 9.70. The number of alkyl carbamates (subject to hydrolysis) is 1. The van der Waals surface area contributed by atoms with E-state index in [9.17, 15) is 14.7 Å². The number of anilines is 1. The lowest BCUT2D eigenvalue weighted by atomic mass is 9.90. The third-order valence-electron chi connectivity index (χ3n) is 5.87. The van der Waals surface area contributed by atoms with Crippen LogP contribution in [0.2, 0.25) is 0 Å². The summed E-state index contributed by atoms with van der Waals surface area (Å²) in [5, 5.41) is 16.3. The molecule has 1 fully saturated rings. The summed E-state index contributed by atoms with van der Waals surface area (Å²) in [5.74, 6) is 0.813. The molecule has 2 atom stereocenters. The molecule has 0 saturated carbocycles. The number of carbonyl (C=O) groups is 2. The Kier molecular flexibility index (Phi) is 7.95. The van der Waals surface area contributed by atoms with Crippen LogP contribution in [0.15, 0.2) is 12.1 Å². The fourth-order valence-corrected chi connectivity index (χ4v) is 4.18. The van der Waals surface area contributed by atoms with E-state index in [0.717, 1.165) is 31.5 Å². The number of pyridine rings is 1. The number of hydrogen-bond acceptors (Lipinski definition) is 7. The van der Waals surface area contributed by atoms with Crippen molar-refractivity contribution in [3.8, 4) is 5.88 Å². The zero-order valence-corrected chi connectivity index (χ0v) is 19.5. The van der Waals surface area contributed by atoms with E-state index in [-0.39, 0.29) is 24.0 Å². The van der Waals surface area contributed by atoms with Gasteiger partial charge in [-0.1, -0.05) is 0 Å². The van der Waals surface area contributed by atoms with Crippen molar-refractivity contribution >= 4 is 17.8 Å². The molecule has 0 spiro atoms. The molecule has 1 aromatic rings. The van der Waals surface area contributed by atoms with Crippen LogP contribution in [0, 0.1) is 5.92 Å². The quantitative estimate of drug-likeness (QED) is 0.587. The number of nitrogens with one attached hydrogen (secondary N) is 2. The van der Waals surface area contributed by atoms with Crippen LogP contribution in [0.1, 0.15) is 52.0 Å². The van der Waals surface area contributed by atoms with Gasteiger partial charge in [-0.25, -0.2) is 4.79 Å². The second kappa shape index (κ2) is 10.5. The monoisotopic (exact) mass is 448 g/mol. The number of aromatic nitrogens is 1. The zero-order valence-electron chi connectivity index (χ0n) is 19.5. The summed E-state index contributed by atoms with van der Waals surface area (Å²) in [6, 6.07) is 3.82. The van der Waals surface area contributed by atoms with Gasteiger partial charge in [-0.2, -0.15) is 4.98 Å². The third-order valence-corrected chi connectivity index (χ3v) is 5.87. The van der Waals surface area contributed by atoms with Gasteiger partial charge in [0.1, 0.15) is 11.4 Å². The normalized spacial score (nSPS) is 20.8. The lowest BCUT2D eigenvalue weighted by molar-refractivity contribution is -0.120. The summed E-state index contributed by atoms with van der Waals surface area (Å²) >= 11 is 0. The van der Waals surface area contributed by atoms with Crippen molar-refractivity contribution < 1.29 is 24.2 Å². The maximum absolute atomic E-state index is 12.4. The Morgan fingerprint density at radius 2 is 2.06 bits per heavy atom. The maximum atomic E-state index is 12.4. The fourth-order valence-electron chi connectivity index (χ4n) is 4.18. The molecule has 3 heterocycles. The van der Waals surface area contributed by atoms with E-state index in [2.05, 4.69) is 20.5 Å². The van der Waals surface area contributed by atoms with Gasteiger partial charge in [0.2, 0.25) is 11.8 Å². The molecule has 3 N–H and O–H groups in total. The molecule has 3 rings (SSSR count). The van der Waals surface area contributed by atoms with Crippen LogP contribution in [0.5, 0.6) is 5.88 Å². The minimum atomic E-state index is -0.504. The van der Waals surface area contributed by atoms with Crippen molar-refractivity contribution in [2.24, 2.45) is 5.92 Å². The number of β-amino-alcohol motifs (C(OH)–C–C–N with tert-alkyl or cyclic N) is 1. The molecular weight excluding hydrogens is 412 g/mol. The van der Waals surface area contributed by atoms with E-state index in [1.165, 1.54) is 0 Å². The molecule has 178 valence electrons. The van der Waals surface area contributed by atoms with Gasteiger partial charge in [0.15, 0.2) is 0 Å². The molecule has 2 amide bonds. The molecule has 0 aliphatic carbocycles. The average Bonchev–Trinajstić information content (AvgIpc) is 2.72. The summed E-state index contributed by atoms with van der Waals surface area (Å²) in [6.45, 7) is 7.73. The van der Waals surface area contributed by atoms with Gasteiger partial charge in [0, 0.05) is 37.7 Å². The highest BCUT2D eigenvalue weighted by atomic mass is 16.6. The van der Waals surface area contributed by atoms with Crippen molar-refractivity contribution in [3.63, 3.8) is 0 Å². The number of amides is 2. The van der Waals surface area contributed by atoms with E-state index < -0.39 is 11.7 Å². The van der Waals surface area contributed by atoms with Gasteiger partial charge in [-0.15, -0.1) is 0 Å². The van der Waals surface area contributed by atoms with Crippen molar-refractivity contribution in [1.29, 1.82) is 0 Å². The lowest BCUT2D eigenvalue weighted by Crippen LogP contribution is -2.47. The van der Waals surface area contributed by atoms with Crippen LogP contribution >= 0.6 is 0 Å². The molecule has 2 aliphatic heterocycles. The molecule has 1 saturated heterocycles. The summed E-state index contributed by atoms with van der Waals surface area (Å²) in [6.07, 6.45) is 2.58. The Labute approximate surface area is 189 Å². The molecule has 0 aromatic carbocycles. The largest absolute Gasteiger partial charge is 0.481 e. The molecule has 2 aliphatic rings.